The summed E-state index contributed by atoms with van der Waals surface area (Å²) in [5, 5.41) is 0. The van der Waals surface area contributed by atoms with E-state index < -0.39 is 23.2 Å². The lowest BCUT2D eigenvalue weighted by atomic mass is 9.70. The third kappa shape index (κ3) is 3.11. The van der Waals surface area contributed by atoms with Gasteiger partial charge in [-0.2, -0.15) is 13.2 Å². The lowest BCUT2D eigenvalue weighted by Crippen LogP contribution is -2.39. The third-order valence-corrected chi connectivity index (χ3v) is 3.76. The summed E-state index contributed by atoms with van der Waals surface area (Å²) in [5.74, 6) is -0.419. The normalized spacial score (nSPS) is 18.8. The SMILES string of the molecule is NC(=O)C1([CH]c2ccc(C(F)(F)F)nc2)CCCCC1. The molecule has 0 aliphatic heterocycles. The van der Waals surface area contributed by atoms with Crippen LogP contribution in [0.25, 0.3) is 0 Å². The Morgan fingerprint density at radius 3 is 2.35 bits per heavy atom. The Morgan fingerprint density at radius 1 is 1.25 bits per heavy atom. The van der Waals surface area contributed by atoms with E-state index in [1.807, 2.05) is 0 Å². The number of primary amides is 1. The topological polar surface area (TPSA) is 56.0 Å². The maximum atomic E-state index is 12.4. The average Bonchev–Trinajstić information content (AvgIpc) is 2.39. The van der Waals surface area contributed by atoms with Crippen LogP contribution in [0.3, 0.4) is 0 Å². The largest absolute Gasteiger partial charge is 0.433 e. The van der Waals surface area contributed by atoms with Crippen LogP contribution in [-0.4, -0.2) is 10.9 Å². The first-order valence-corrected chi connectivity index (χ1v) is 6.53. The molecule has 1 radical (unpaired) electrons. The minimum atomic E-state index is -4.45. The van der Waals surface area contributed by atoms with Gasteiger partial charge in [0.05, 0.1) is 5.41 Å². The summed E-state index contributed by atoms with van der Waals surface area (Å²) in [6, 6.07) is 2.25. The predicted octanol–water partition coefficient (Wildman–Crippen LogP) is 3.09. The number of pyridine rings is 1. The van der Waals surface area contributed by atoms with Crippen molar-refractivity contribution in [3.8, 4) is 0 Å². The Morgan fingerprint density at radius 2 is 1.90 bits per heavy atom. The van der Waals surface area contributed by atoms with Crippen molar-refractivity contribution in [3.05, 3.63) is 36.0 Å². The first-order valence-electron chi connectivity index (χ1n) is 6.53. The first-order chi connectivity index (χ1) is 9.33. The second-order valence-electron chi connectivity index (χ2n) is 5.20. The monoisotopic (exact) mass is 285 g/mol. The molecule has 1 amide bonds. The number of alkyl halides is 3. The number of aromatic nitrogens is 1. The molecule has 20 heavy (non-hydrogen) atoms. The van der Waals surface area contributed by atoms with E-state index in [9.17, 15) is 18.0 Å². The molecular formula is C14H16F3N2O. The van der Waals surface area contributed by atoms with Crippen molar-refractivity contribution in [3.63, 3.8) is 0 Å². The third-order valence-electron chi connectivity index (χ3n) is 3.76. The van der Waals surface area contributed by atoms with Crippen molar-refractivity contribution in [2.75, 3.05) is 0 Å². The van der Waals surface area contributed by atoms with E-state index in [0.717, 1.165) is 31.5 Å². The molecule has 2 rings (SSSR count). The Kier molecular flexibility index (Phi) is 4.01. The van der Waals surface area contributed by atoms with Crippen LogP contribution in [0.1, 0.15) is 43.4 Å². The van der Waals surface area contributed by atoms with Crippen molar-refractivity contribution in [1.82, 2.24) is 4.98 Å². The highest BCUT2D eigenvalue weighted by atomic mass is 19.4. The average molecular weight is 285 g/mol. The molecule has 0 saturated heterocycles. The Labute approximate surface area is 115 Å². The van der Waals surface area contributed by atoms with Crippen LogP contribution in [0, 0.1) is 11.8 Å². The second-order valence-corrected chi connectivity index (χ2v) is 5.20. The van der Waals surface area contributed by atoms with E-state index in [-0.39, 0.29) is 0 Å². The van der Waals surface area contributed by atoms with E-state index >= 15 is 0 Å². The number of halogens is 3. The summed E-state index contributed by atoms with van der Waals surface area (Å²) >= 11 is 0. The van der Waals surface area contributed by atoms with Crippen LogP contribution in [-0.2, 0) is 11.0 Å². The maximum absolute atomic E-state index is 12.4. The Balaban J connectivity index is 2.17. The zero-order chi connectivity index (χ0) is 14.8. The van der Waals surface area contributed by atoms with E-state index in [1.54, 1.807) is 6.42 Å². The fraction of sp³-hybridized carbons (Fsp3) is 0.500. The molecule has 6 heteroatoms. The van der Waals surface area contributed by atoms with Gasteiger partial charge >= 0.3 is 6.18 Å². The van der Waals surface area contributed by atoms with Gasteiger partial charge in [-0.25, -0.2) is 0 Å². The second kappa shape index (κ2) is 5.42. The number of amides is 1. The highest BCUT2D eigenvalue weighted by molar-refractivity contribution is 5.83. The summed E-state index contributed by atoms with van der Waals surface area (Å²) in [5.41, 5.74) is 4.29. The number of hydrogen-bond donors (Lipinski definition) is 1. The van der Waals surface area contributed by atoms with Gasteiger partial charge in [-0.05, 0) is 24.5 Å². The van der Waals surface area contributed by atoms with Crippen molar-refractivity contribution >= 4 is 5.91 Å². The molecule has 1 fully saturated rings. The minimum Gasteiger partial charge on any atom is -0.369 e. The van der Waals surface area contributed by atoms with Crippen LogP contribution in [0.4, 0.5) is 13.2 Å². The minimum absolute atomic E-state index is 0.419. The predicted molar refractivity (Wildman–Crippen MR) is 67.4 cm³/mol. The first kappa shape index (κ1) is 14.8. The van der Waals surface area contributed by atoms with Crippen LogP contribution in [0.2, 0.25) is 0 Å². The molecule has 0 spiro atoms. The maximum Gasteiger partial charge on any atom is 0.433 e. The molecule has 1 aromatic rings. The molecule has 0 bridgehead atoms. The van der Waals surface area contributed by atoms with E-state index in [2.05, 4.69) is 4.98 Å². The van der Waals surface area contributed by atoms with Gasteiger partial charge in [0.2, 0.25) is 5.91 Å². The van der Waals surface area contributed by atoms with E-state index in [4.69, 9.17) is 5.73 Å². The van der Waals surface area contributed by atoms with Crippen molar-refractivity contribution in [2.45, 2.75) is 38.3 Å². The fourth-order valence-corrected chi connectivity index (χ4v) is 2.62. The summed E-state index contributed by atoms with van der Waals surface area (Å²) in [7, 11) is 0. The van der Waals surface area contributed by atoms with Crippen molar-refractivity contribution in [1.29, 1.82) is 0 Å². The molecule has 0 aromatic carbocycles. The number of rotatable bonds is 3. The van der Waals surface area contributed by atoms with Crippen LogP contribution in [0.15, 0.2) is 18.3 Å². The molecule has 2 N–H and O–H groups in total. The van der Waals surface area contributed by atoms with Crippen LogP contribution < -0.4 is 5.73 Å². The van der Waals surface area contributed by atoms with Gasteiger partial charge in [-0.1, -0.05) is 25.3 Å². The van der Waals surface area contributed by atoms with E-state index in [1.165, 1.54) is 6.07 Å². The van der Waals surface area contributed by atoms with Gasteiger partial charge in [0.25, 0.3) is 0 Å². The fourth-order valence-electron chi connectivity index (χ4n) is 2.62. The molecule has 1 aromatic heterocycles. The smallest absolute Gasteiger partial charge is 0.369 e. The molecule has 1 aliphatic rings. The summed E-state index contributed by atoms with van der Waals surface area (Å²) in [6.07, 6.45) is 2.48. The quantitative estimate of drug-likeness (QED) is 0.927. The van der Waals surface area contributed by atoms with Gasteiger partial charge in [0.1, 0.15) is 5.69 Å². The molecule has 0 atom stereocenters. The zero-order valence-corrected chi connectivity index (χ0v) is 10.9. The van der Waals surface area contributed by atoms with Crippen molar-refractivity contribution in [2.24, 2.45) is 11.1 Å². The van der Waals surface area contributed by atoms with Gasteiger partial charge in [-0.3, -0.25) is 9.78 Å². The molecule has 0 unspecified atom stereocenters. The molecular weight excluding hydrogens is 269 g/mol. The molecule has 109 valence electrons. The summed E-state index contributed by atoms with van der Waals surface area (Å²) in [6.45, 7) is 0. The van der Waals surface area contributed by atoms with Gasteiger partial charge in [0, 0.05) is 12.6 Å². The Bertz CT molecular complexity index is 476. The van der Waals surface area contributed by atoms with Gasteiger partial charge < -0.3 is 5.73 Å². The van der Waals surface area contributed by atoms with Gasteiger partial charge in [0.15, 0.2) is 0 Å². The van der Waals surface area contributed by atoms with Crippen LogP contribution >= 0.6 is 0 Å². The van der Waals surface area contributed by atoms with E-state index in [0.29, 0.717) is 18.4 Å². The number of carbonyl (C=O) groups excluding carboxylic acids is 1. The Hall–Kier alpha value is -1.59. The standard InChI is InChI=1S/C14H16F3N2O/c15-14(16,17)11-5-4-10(9-19-11)8-13(12(18)20)6-2-1-3-7-13/h4-5,8-9H,1-3,6-7H2,(H2,18,20). The number of hydrogen-bond acceptors (Lipinski definition) is 2. The number of carbonyl (C=O) groups is 1. The zero-order valence-electron chi connectivity index (χ0n) is 10.9. The summed E-state index contributed by atoms with van der Waals surface area (Å²) in [4.78, 5) is 15.1. The lowest BCUT2D eigenvalue weighted by Gasteiger charge is -2.34. The molecule has 1 aliphatic carbocycles. The van der Waals surface area contributed by atoms with Gasteiger partial charge in [-0.15, -0.1) is 0 Å². The number of nitrogens with zero attached hydrogens (tertiary/aromatic N) is 1. The van der Waals surface area contributed by atoms with Crippen molar-refractivity contribution < 1.29 is 18.0 Å². The number of nitrogens with two attached hydrogens (primary N) is 1. The molecule has 1 saturated carbocycles. The summed E-state index contributed by atoms with van der Waals surface area (Å²) < 4.78 is 37.3. The molecule has 1 heterocycles. The lowest BCUT2D eigenvalue weighted by molar-refractivity contribution is -0.141. The highest BCUT2D eigenvalue weighted by Gasteiger charge is 2.38. The van der Waals surface area contributed by atoms with Crippen LogP contribution in [0.5, 0.6) is 0 Å². The molecule has 3 nitrogen and oxygen atoms in total. The highest BCUT2D eigenvalue weighted by Crippen LogP contribution is 2.40.